The molecule has 3 heterocycles. The third kappa shape index (κ3) is 6.54. The van der Waals surface area contributed by atoms with Gasteiger partial charge in [0, 0.05) is 54.9 Å². The van der Waals surface area contributed by atoms with E-state index in [0.29, 0.717) is 29.1 Å². The van der Waals surface area contributed by atoms with E-state index in [9.17, 15) is 22.8 Å². The van der Waals surface area contributed by atoms with Crippen LogP contribution in [0.5, 0.6) is 11.6 Å². The highest BCUT2D eigenvalue weighted by Crippen LogP contribution is 2.32. The normalized spacial score (nSPS) is 16.4. The van der Waals surface area contributed by atoms with Crippen LogP contribution in [0.2, 0.25) is 0 Å². The lowest BCUT2D eigenvalue weighted by molar-refractivity contribution is -0.137. The molecule has 6 rings (SSSR count). The fraction of sp³-hybridized carbons (Fsp3) is 0.333. The lowest BCUT2D eigenvalue weighted by atomic mass is 10.0. The molecule has 1 saturated carbocycles. The summed E-state index contributed by atoms with van der Waals surface area (Å²) in [6.45, 7) is 2.38. The van der Waals surface area contributed by atoms with Crippen LogP contribution in [-0.4, -0.2) is 50.5 Å². The van der Waals surface area contributed by atoms with Crippen molar-refractivity contribution in [3.8, 4) is 11.6 Å². The standard InChI is InChI=1S/C30H29F3N6O3/c31-30(32,33)21-2-1-3-23(15-21)37-29(41)39-13-8-20-14-25(6-7-26(20)39)42-27-16-24(34-18-35-27)17-38-11-9-22(10-12-38)36-28(40)19-4-5-19/h1-3,6-8,13-16,18-19,22H,4-5,9-12,17H2,(H,36,40)(H,37,41). The number of alkyl halides is 3. The zero-order chi connectivity index (χ0) is 29.3. The molecule has 0 radical (unpaired) electrons. The van der Waals surface area contributed by atoms with Crippen molar-refractivity contribution in [3.63, 3.8) is 0 Å². The quantitative estimate of drug-likeness (QED) is 0.287. The molecule has 0 atom stereocenters. The highest BCUT2D eigenvalue weighted by Gasteiger charge is 2.32. The van der Waals surface area contributed by atoms with E-state index < -0.39 is 17.8 Å². The van der Waals surface area contributed by atoms with Crippen molar-refractivity contribution < 1.29 is 27.5 Å². The number of ether oxygens (including phenoxy) is 1. The molecule has 12 heteroatoms. The van der Waals surface area contributed by atoms with E-state index in [1.165, 1.54) is 23.0 Å². The van der Waals surface area contributed by atoms with Gasteiger partial charge in [-0.15, -0.1) is 0 Å². The van der Waals surface area contributed by atoms with Crippen LogP contribution in [0.4, 0.5) is 23.7 Å². The van der Waals surface area contributed by atoms with Gasteiger partial charge in [-0.3, -0.25) is 14.3 Å². The Bertz CT molecular complexity index is 1610. The number of aromatic nitrogens is 3. The van der Waals surface area contributed by atoms with Crippen LogP contribution < -0.4 is 15.4 Å². The number of hydrogen-bond acceptors (Lipinski definition) is 6. The summed E-state index contributed by atoms with van der Waals surface area (Å²) in [7, 11) is 0. The molecule has 9 nitrogen and oxygen atoms in total. The van der Waals surface area contributed by atoms with E-state index in [0.717, 1.165) is 56.6 Å². The Labute approximate surface area is 239 Å². The van der Waals surface area contributed by atoms with E-state index in [1.807, 2.05) is 0 Å². The molecule has 0 unspecified atom stereocenters. The third-order valence-electron chi connectivity index (χ3n) is 7.51. The monoisotopic (exact) mass is 578 g/mol. The van der Waals surface area contributed by atoms with Gasteiger partial charge in [-0.1, -0.05) is 6.07 Å². The summed E-state index contributed by atoms with van der Waals surface area (Å²) >= 11 is 0. The summed E-state index contributed by atoms with van der Waals surface area (Å²) in [6, 6.07) is 12.8. The lowest BCUT2D eigenvalue weighted by Crippen LogP contribution is -2.44. The third-order valence-corrected chi connectivity index (χ3v) is 7.51. The van der Waals surface area contributed by atoms with Crippen molar-refractivity contribution in [2.45, 2.75) is 44.4 Å². The van der Waals surface area contributed by atoms with Gasteiger partial charge in [0.2, 0.25) is 11.8 Å². The summed E-state index contributed by atoms with van der Waals surface area (Å²) < 4.78 is 46.4. The molecule has 2 N–H and O–H groups in total. The highest BCUT2D eigenvalue weighted by atomic mass is 19.4. The van der Waals surface area contributed by atoms with E-state index in [4.69, 9.17) is 4.74 Å². The molecule has 2 fully saturated rings. The maximum atomic E-state index is 13.0. The number of nitrogens with one attached hydrogen (secondary N) is 2. The molecule has 2 amide bonds. The molecule has 218 valence electrons. The second-order valence-corrected chi connectivity index (χ2v) is 10.7. The van der Waals surface area contributed by atoms with Crippen molar-refractivity contribution in [1.82, 2.24) is 24.8 Å². The molecule has 42 heavy (non-hydrogen) atoms. The summed E-state index contributed by atoms with van der Waals surface area (Å²) in [5.41, 5.74) is 0.581. The first-order valence-electron chi connectivity index (χ1n) is 13.8. The van der Waals surface area contributed by atoms with E-state index in [2.05, 4.69) is 25.5 Å². The van der Waals surface area contributed by atoms with Crippen molar-refractivity contribution in [2.24, 2.45) is 5.92 Å². The van der Waals surface area contributed by atoms with Crippen molar-refractivity contribution in [1.29, 1.82) is 0 Å². The highest BCUT2D eigenvalue weighted by molar-refractivity contribution is 5.98. The Balaban J connectivity index is 1.06. The molecule has 1 aliphatic heterocycles. The van der Waals surface area contributed by atoms with Crippen LogP contribution in [0.1, 0.15) is 36.9 Å². The largest absolute Gasteiger partial charge is 0.439 e. The molecule has 4 aromatic rings. The molecule has 0 bridgehead atoms. The lowest BCUT2D eigenvalue weighted by Gasteiger charge is -2.32. The average molecular weight is 579 g/mol. The predicted molar refractivity (Wildman–Crippen MR) is 149 cm³/mol. The summed E-state index contributed by atoms with van der Waals surface area (Å²) in [5, 5.41) is 6.39. The molecule has 1 saturated heterocycles. The fourth-order valence-corrected chi connectivity index (χ4v) is 5.09. The number of rotatable bonds is 7. The van der Waals surface area contributed by atoms with Crippen LogP contribution in [0.3, 0.4) is 0 Å². The SMILES string of the molecule is O=C(NC1CCN(Cc2cc(Oc3ccc4c(ccn4C(=O)Nc4cccc(C(F)(F)F)c4)c3)ncn2)CC1)C1CC1. The van der Waals surface area contributed by atoms with Gasteiger partial charge in [0.25, 0.3) is 0 Å². The zero-order valence-electron chi connectivity index (χ0n) is 22.6. The van der Waals surface area contributed by atoms with Gasteiger partial charge in [0.1, 0.15) is 12.1 Å². The number of amides is 2. The van der Waals surface area contributed by atoms with Crippen molar-refractivity contribution in [2.75, 3.05) is 18.4 Å². The molecular weight excluding hydrogens is 549 g/mol. The Morgan fingerprint density at radius 3 is 2.55 bits per heavy atom. The first kappa shape index (κ1) is 27.7. The van der Waals surface area contributed by atoms with Crippen molar-refractivity contribution >= 4 is 28.5 Å². The van der Waals surface area contributed by atoms with E-state index in [-0.39, 0.29) is 23.6 Å². The number of carbonyl (C=O) groups excluding carboxylic acids is 2. The van der Waals surface area contributed by atoms with Crippen LogP contribution >= 0.6 is 0 Å². The number of fused-ring (bicyclic) bond motifs is 1. The van der Waals surface area contributed by atoms with Crippen LogP contribution in [0.15, 0.2) is 67.1 Å². The maximum absolute atomic E-state index is 13.0. The summed E-state index contributed by atoms with van der Waals surface area (Å²) in [6.07, 6.45) is 2.32. The van der Waals surface area contributed by atoms with Gasteiger partial charge in [0.05, 0.1) is 16.8 Å². The first-order chi connectivity index (χ1) is 20.2. The number of nitrogens with zero attached hydrogens (tertiary/aromatic N) is 4. The number of hydrogen-bond donors (Lipinski definition) is 2. The molecule has 1 aliphatic carbocycles. The molecule has 2 aromatic carbocycles. The van der Waals surface area contributed by atoms with Crippen molar-refractivity contribution in [3.05, 3.63) is 78.4 Å². The Morgan fingerprint density at radius 1 is 0.976 bits per heavy atom. The van der Waals surface area contributed by atoms with Gasteiger partial charge in [-0.25, -0.2) is 14.8 Å². The number of benzene rings is 2. The molecular formula is C30H29F3N6O3. The van der Waals surface area contributed by atoms with Crippen LogP contribution in [-0.2, 0) is 17.5 Å². The number of piperidine rings is 1. The zero-order valence-corrected chi connectivity index (χ0v) is 22.6. The van der Waals surface area contributed by atoms with Gasteiger partial charge >= 0.3 is 12.2 Å². The van der Waals surface area contributed by atoms with Gasteiger partial charge < -0.3 is 15.4 Å². The topological polar surface area (TPSA) is 101 Å². The average Bonchev–Trinajstić information content (AvgIpc) is 3.73. The van der Waals surface area contributed by atoms with Crippen LogP contribution in [0, 0.1) is 5.92 Å². The molecule has 2 aromatic heterocycles. The Kier molecular flexibility index (Phi) is 7.55. The Morgan fingerprint density at radius 2 is 1.79 bits per heavy atom. The van der Waals surface area contributed by atoms with Gasteiger partial charge in [0.15, 0.2) is 0 Å². The number of carbonyl (C=O) groups is 2. The minimum Gasteiger partial charge on any atom is -0.439 e. The number of likely N-dealkylation sites (tertiary alicyclic amines) is 1. The summed E-state index contributed by atoms with van der Waals surface area (Å²) in [5.74, 6) is 1.31. The minimum absolute atomic E-state index is 0.0425. The predicted octanol–water partition coefficient (Wildman–Crippen LogP) is 5.81. The smallest absolute Gasteiger partial charge is 0.416 e. The van der Waals surface area contributed by atoms with E-state index in [1.54, 1.807) is 36.5 Å². The first-order valence-corrected chi connectivity index (χ1v) is 13.8. The van der Waals surface area contributed by atoms with Gasteiger partial charge in [-0.2, -0.15) is 13.2 Å². The maximum Gasteiger partial charge on any atom is 0.416 e. The Hall–Kier alpha value is -4.45. The van der Waals surface area contributed by atoms with Gasteiger partial charge in [-0.05, 0) is 68.1 Å². The second kappa shape index (κ2) is 11.4. The number of anilines is 1. The molecule has 0 spiro atoms. The summed E-state index contributed by atoms with van der Waals surface area (Å²) in [4.78, 5) is 35.8. The second-order valence-electron chi connectivity index (χ2n) is 10.7. The van der Waals surface area contributed by atoms with E-state index >= 15 is 0 Å². The van der Waals surface area contributed by atoms with Crippen LogP contribution in [0.25, 0.3) is 10.9 Å². The molecule has 2 aliphatic rings. The fourth-order valence-electron chi connectivity index (χ4n) is 5.09. The number of halogens is 3. The minimum atomic E-state index is -4.51.